The van der Waals surface area contributed by atoms with Crippen LogP contribution in [0.1, 0.15) is 24.3 Å². The fourth-order valence-corrected chi connectivity index (χ4v) is 2.38. The molecule has 5 nitrogen and oxygen atoms in total. The van der Waals surface area contributed by atoms with Gasteiger partial charge in [-0.1, -0.05) is 12.7 Å². The first kappa shape index (κ1) is 15.8. The molecule has 22 heavy (non-hydrogen) atoms. The molecule has 1 heterocycles. The molecule has 1 aromatic carbocycles. The summed E-state index contributed by atoms with van der Waals surface area (Å²) in [7, 11) is 1.58. The lowest BCUT2D eigenvalue weighted by atomic mass is 9.93. The second kappa shape index (κ2) is 7.45. The number of amides is 1. The number of likely N-dealkylation sites (N-methyl/N-ethyl adjacent to an activating group) is 1. The van der Waals surface area contributed by atoms with E-state index >= 15 is 0 Å². The third-order valence-electron chi connectivity index (χ3n) is 3.45. The Kier molecular flexibility index (Phi) is 5.36. The molecule has 1 amide bonds. The van der Waals surface area contributed by atoms with Gasteiger partial charge in [-0.2, -0.15) is 0 Å². The van der Waals surface area contributed by atoms with Gasteiger partial charge in [0, 0.05) is 24.4 Å². The van der Waals surface area contributed by atoms with Crippen molar-refractivity contribution in [1.82, 2.24) is 5.32 Å². The van der Waals surface area contributed by atoms with Crippen LogP contribution in [0.15, 0.2) is 41.5 Å². The van der Waals surface area contributed by atoms with Crippen LogP contribution < -0.4 is 10.1 Å². The van der Waals surface area contributed by atoms with Crippen LogP contribution in [0.5, 0.6) is 5.75 Å². The lowest BCUT2D eigenvalue weighted by molar-refractivity contribution is -0.122. The summed E-state index contributed by atoms with van der Waals surface area (Å²) in [6.45, 7) is 4.02. The van der Waals surface area contributed by atoms with Gasteiger partial charge in [0.15, 0.2) is 0 Å². The quantitative estimate of drug-likeness (QED) is 0.601. The Morgan fingerprint density at radius 2 is 2.32 bits per heavy atom. The standard InChI is InChI=1S/C17H19NO4/c1-3-9-21-12-6-7-16-14(10-12)15(11-22-16)13(5-4-8-19)17(20)18-2/h3,6-8,10-11,13H,1,4-5,9H2,2H3,(H,18,20). The number of rotatable bonds is 8. The molecule has 0 fully saturated rings. The van der Waals surface area contributed by atoms with E-state index in [1.165, 1.54) is 0 Å². The number of nitrogens with one attached hydrogen (secondary N) is 1. The Morgan fingerprint density at radius 1 is 1.50 bits per heavy atom. The first-order chi connectivity index (χ1) is 10.7. The van der Waals surface area contributed by atoms with Gasteiger partial charge in [0.25, 0.3) is 0 Å². The summed E-state index contributed by atoms with van der Waals surface area (Å²) in [5.41, 5.74) is 1.45. The highest BCUT2D eigenvalue weighted by Crippen LogP contribution is 2.33. The fourth-order valence-electron chi connectivity index (χ4n) is 2.38. The Balaban J connectivity index is 2.40. The molecule has 116 valence electrons. The minimum atomic E-state index is -0.425. The van der Waals surface area contributed by atoms with Crippen LogP contribution in [0.25, 0.3) is 11.0 Å². The van der Waals surface area contributed by atoms with Crippen molar-refractivity contribution < 1.29 is 18.7 Å². The first-order valence-corrected chi connectivity index (χ1v) is 7.11. The normalized spacial score (nSPS) is 11.9. The maximum absolute atomic E-state index is 12.1. The van der Waals surface area contributed by atoms with Crippen molar-refractivity contribution in [2.45, 2.75) is 18.8 Å². The Morgan fingerprint density at radius 3 is 3.00 bits per heavy atom. The molecule has 0 aliphatic rings. The van der Waals surface area contributed by atoms with Crippen molar-refractivity contribution in [1.29, 1.82) is 0 Å². The Bertz CT molecular complexity index is 674. The monoisotopic (exact) mass is 301 g/mol. The van der Waals surface area contributed by atoms with Gasteiger partial charge in [0.2, 0.25) is 5.91 Å². The molecule has 0 saturated heterocycles. The molecule has 0 saturated carbocycles. The summed E-state index contributed by atoms with van der Waals surface area (Å²) < 4.78 is 11.0. The van der Waals surface area contributed by atoms with Crippen LogP contribution in [-0.4, -0.2) is 25.8 Å². The number of hydrogen-bond acceptors (Lipinski definition) is 4. The van der Waals surface area contributed by atoms with E-state index in [0.717, 1.165) is 17.2 Å². The molecule has 0 aliphatic heterocycles. The number of carbonyl (C=O) groups excluding carboxylic acids is 2. The van der Waals surface area contributed by atoms with Gasteiger partial charge in [0.1, 0.15) is 24.2 Å². The molecule has 0 spiro atoms. The first-order valence-electron chi connectivity index (χ1n) is 7.11. The molecule has 1 atom stereocenters. The number of fused-ring (bicyclic) bond motifs is 1. The maximum Gasteiger partial charge on any atom is 0.227 e. The zero-order valence-corrected chi connectivity index (χ0v) is 12.5. The molecular formula is C17H19NO4. The van der Waals surface area contributed by atoms with Gasteiger partial charge >= 0.3 is 0 Å². The van der Waals surface area contributed by atoms with Crippen molar-refractivity contribution in [3.8, 4) is 5.75 Å². The third-order valence-corrected chi connectivity index (χ3v) is 3.45. The average molecular weight is 301 g/mol. The zero-order valence-electron chi connectivity index (χ0n) is 12.5. The van der Waals surface area contributed by atoms with Gasteiger partial charge in [-0.3, -0.25) is 4.79 Å². The van der Waals surface area contributed by atoms with Crippen molar-refractivity contribution in [2.75, 3.05) is 13.7 Å². The topological polar surface area (TPSA) is 68.5 Å². The highest BCUT2D eigenvalue weighted by Gasteiger charge is 2.23. The van der Waals surface area contributed by atoms with E-state index in [4.69, 9.17) is 9.15 Å². The number of aldehydes is 1. The molecule has 2 aromatic rings. The van der Waals surface area contributed by atoms with E-state index in [0.29, 0.717) is 30.8 Å². The SMILES string of the molecule is C=CCOc1ccc2occ(C(CCC=O)C(=O)NC)c2c1. The third kappa shape index (κ3) is 3.36. The number of ether oxygens (including phenoxy) is 1. The summed E-state index contributed by atoms with van der Waals surface area (Å²) in [6.07, 6.45) is 4.81. The lowest BCUT2D eigenvalue weighted by Crippen LogP contribution is -2.25. The molecule has 0 aliphatic carbocycles. The second-order valence-corrected chi connectivity index (χ2v) is 4.86. The summed E-state index contributed by atoms with van der Waals surface area (Å²) in [6, 6.07) is 5.45. The molecule has 0 bridgehead atoms. The van der Waals surface area contributed by atoms with Crippen LogP contribution >= 0.6 is 0 Å². The number of carbonyl (C=O) groups is 2. The predicted octanol–water partition coefficient (Wildman–Crippen LogP) is 2.81. The molecule has 1 unspecified atom stereocenters. The van der Waals surface area contributed by atoms with E-state index < -0.39 is 5.92 Å². The van der Waals surface area contributed by atoms with Crippen LogP contribution in [0, 0.1) is 0 Å². The van der Waals surface area contributed by atoms with Gasteiger partial charge in [-0.25, -0.2) is 0 Å². The van der Waals surface area contributed by atoms with E-state index in [1.807, 2.05) is 6.07 Å². The summed E-state index contributed by atoms with van der Waals surface area (Å²) >= 11 is 0. The second-order valence-electron chi connectivity index (χ2n) is 4.86. The fraction of sp³-hybridized carbons (Fsp3) is 0.294. The molecule has 1 aromatic heterocycles. The lowest BCUT2D eigenvalue weighted by Gasteiger charge is -2.13. The Hall–Kier alpha value is -2.56. The van der Waals surface area contributed by atoms with E-state index in [-0.39, 0.29) is 5.91 Å². The van der Waals surface area contributed by atoms with Gasteiger partial charge in [0.05, 0.1) is 12.2 Å². The van der Waals surface area contributed by atoms with Crippen LogP contribution in [0.4, 0.5) is 0 Å². The van der Waals surface area contributed by atoms with Crippen molar-refractivity contribution in [3.63, 3.8) is 0 Å². The highest BCUT2D eigenvalue weighted by atomic mass is 16.5. The van der Waals surface area contributed by atoms with Crippen molar-refractivity contribution in [2.24, 2.45) is 0 Å². The molecule has 5 heteroatoms. The van der Waals surface area contributed by atoms with Gasteiger partial charge in [-0.05, 0) is 24.6 Å². The van der Waals surface area contributed by atoms with Crippen molar-refractivity contribution in [3.05, 3.63) is 42.7 Å². The van der Waals surface area contributed by atoms with Crippen molar-refractivity contribution >= 4 is 23.2 Å². The van der Waals surface area contributed by atoms with Crippen LogP contribution in [0.2, 0.25) is 0 Å². The average Bonchev–Trinajstić information content (AvgIpc) is 2.96. The van der Waals surface area contributed by atoms with Crippen LogP contribution in [0.3, 0.4) is 0 Å². The molecular weight excluding hydrogens is 282 g/mol. The van der Waals surface area contributed by atoms with Gasteiger partial charge in [-0.15, -0.1) is 0 Å². The van der Waals surface area contributed by atoms with Gasteiger partial charge < -0.3 is 19.3 Å². The minimum absolute atomic E-state index is 0.137. The largest absolute Gasteiger partial charge is 0.490 e. The summed E-state index contributed by atoms with van der Waals surface area (Å²) in [5, 5.41) is 3.46. The van der Waals surface area contributed by atoms with Crippen LogP contribution in [-0.2, 0) is 9.59 Å². The smallest absolute Gasteiger partial charge is 0.227 e. The summed E-state index contributed by atoms with van der Waals surface area (Å²) in [5.74, 6) is 0.120. The number of benzene rings is 1. The van der Waals surface area contributed by atoms with E-state index in [2.05, 4.69) is 11.9 Å². The zero-order chi connectivity index (χ0) is 15.9. The Labute approximate surface area is 128 Å². The molecule has 1 N–H and O–H groups in total. The van der Waals surface area contributed by atoms with E-state index in [1.54, 1.807) is 31.5 Å². The molecule has 0 radical (unpaired) electrons. The number of hydrogen-bond donors (Lipinski definition) is 1. The molecule has 2 rings (SSSR count). The maximum atomic E-state index is 12.1. The van der Waals surface area contributed by atoms with E-state index in [9.17, 15) is 9.59 Å². The minimum Gasteiger partial charge on any atom is -0.490 e. The summed E-state index contributed by atoms with van der Waals surface area (Å²) in [4.78, 5) is 22.7. The highest BCUT2D eigenvalue weighted by molar-refractivity contribution is 5.91. The predicted molar refractivity (Wildman–Crippen MR) is 84.0 cm³/mol. The number of furan rings is 1.